The van der Waals surface area contributed by atoms with Crippen LogP contribution in [-0.4, -0.2) is 36.5 Å². The Kier molecular flexibility index (Phi) is 4.54. The fourth-order valence-corrected chi connectivity index (χ4v) is 2.23. The molecule has 0 radical (unpaired) electrons. The number of hydrogen-bond acceptors (Lipinski definition) is 3. The number of aliphatic hydroxyl groups is 2. The van der Waals surface area contributed by atoms with Crippen molar-refractivity contribution in [2.75, 3.05) is 25.1 Å². The molecule has 17 heavy (non-hydrogen) atoms. The molecule has 0 saturated heterocycles. The quantitative estimate of drug-likeness (QED) is 0.838. The molecule has 1 atom stereocenters. The highest BCUT2D eigenvalue weighted by molar-refractivity contribution is 5.63. The van der Waals surface area contributed by atoms with Gasteiger partial charge in [0.15, 0.2) is 0 Å². The number of likely N-dealkylation sites (N-methyl/N-ethyl adjacent to an activating group) is 1. The molecular weight excluding hydrogens is 214 g/mol. The van der Waals surface area contributed by atoms with Crippen LogP contribution in [0.5, 0.6) is 0 Å². The Bertz CT molecular complexity index is 375. The molecule has 1 aromatic rings. The van der Waals surface area contributed by atoms with Gasteiger partial charge in [0, 0.05) is 19.3 Å². The van der Waals surface area contributed by atoms with E-state index in [0.717, 1.165) is 5.69 Å². The van der Waals surface area contributed by atoms with Gasteiger partial charge in [-0.15, -0.1) is 0 Å². The number of anilines is 1. The predicted molar refractivity (Wildman–Crippen MR) is 71.8 cm³/mol. The normalized spacial score (nSPS) is 12.6. The molecule has 0 spiro atoms. The van der Waals surface area contributed by atoms with Gasteiger partial charge in [-0.25, -0.2) is 0 Å². The summed E-state index contributed by atoms with van der Waals surface area (Å²) in [6.45, 7) is 8.63. The van der Waals surface area contributed by atoms with Crippen LogP contribution < -0.4 is 4.90 Å². The average Bonchev–Trinajstić information content (AvgIpc) is 2.26. The van der Waals surface area contributed by atoms with Crippen molar-refractivity contribution in [2.45, 2.75) is 33.8 Å². The second kappa shape index (κ2) is 5.52. The van der Waals surface area contributed by atoms with Crippen molar-refractivity contribution in [3.05, 3.63) is 28.3 Å². The average molecular weight is 237 g/mol. The monoisotopic (exact) mass is 237 g/mol. The summed E-state index contributed by atoms with van der Waals surface area (Å²) < 4.78 is 0. The molecule has 0 fully saturated rings. The summed E-state index contributed by atoms with van der Waals surface area (Å²) in [5.74, 6) is 0. The van der Waals surface area contributed by atoms with E-state index in [4.69, 9.17) is 5.11 Å². The van der Waals surface area contributed by atoms with Gasteiger partial charge in [0.25, 0.3) is 0 Å². The predicted octanol–water partition coefficient (Wildman–Crippen LogP) is 1.71. The van der Waals surface area contributed by atoms with Crippen LogP contribution in [0.3, 0.4) is 0 Å². The minimum atomic E-state index is -0.695. The topological polar surface area (TPSA) is 43.7 Å². The van der Waals surface area contributed by atoms with Gasteiger partial charge < -0.3 is 15.1 Å². The molecule has 2 N–H and O–H groups in total. The van der Waals surface area contributed by atoms with Crippen molar-refractivity contribution >= 4 is 5.69 Å². The van der Waals surface area contributed by atoms with Gasteiger partial charge >= 0.3 is 0 Å². The Balaban J connectivity index is 3.12. The first-order chi connectivity index (χ1) is 7.88. The van der Waals surface area contributed by atoms with Crippen LogP contribution in [0.1, 0.15) is 22.3 Å². The van der Waals surface area contributed by atoms with Gasteiger partial charge in [-0.3, -0.25) is 0 Å². The number of nitrogens with zero attached hydrogens (tertiary/aromatic N) is 1. The molecule has 0 heterocycles. The van der Waals surface area contributed by atoms with E-state index in [-0.39, 0.29) is 6.61 Å². The van der Waals surface area contributed by atoms with Crippen molar-refractivity contribution < 1.29 is 10.2 Å². The molecule has 1 rings (SSSR count). The van der Waals surface area contributed by atoms with E-state index in [0.29, 0.717) is 6.54 Å². The highest BCUT2D eigenvalue weighted by Gasteiger charge is 2.14. The molecule has 3 nitrogen and oxygen atoms in total. The highest BCUT2D eigenvalue weighted by Crippen LogP contribution is 2.29. The van der Waals surface area contributed by atoms with Crippen molar-refractivity contribution in [2.24, 2.45) is 0 Å². The van der Waals surface area contributed by atoms with E-state index in [1.165, 1.54) is 22.3 Å². The molecule has 96 valence electrons. The zero-order valence-electron chi connectivity index (χ0n) is 11.4. The van der Waals surface area contributed by atoms with Crippen molar-refractivity contribution in [3.8, 4) is 0 Å². The van der Waals surface area contributed by atoms with E-state index in [1.807, 2.05) is 11.9 Å². The maximum Gasteiger partial charge on any atom is 0.0945 e. The first-order valence-electron chi connectivity index (χ1n) is 5.96. The first-order valence-corrected chi connectivity index (χ1v) is 5.96. The number of aliphatic hydroxyl groups excluding tert-OH is 2. The zero-order valence-corrected chi connectivity index (χ0v) is 11.4. The summed E-state index contributed by atoms with van der Waals surface area (Å²) in [4.78, 5) is 2.02. The molecule has 0 amide bonds. The lowest BCUT2D eigenvalue weighted by Gasteiger charge is -2.27. The SMILES string of the molecule is Cc1cc(C)c(C)c(N(C)CC(O)CO)c1C. The third-order valence-electron chi connectivity index (χ3n) is 3.40. The summed E-state index contributed by atoms with van der Waals surface area (Å²) in [7, 11) is 1.95. The van der Waals surface area contributed by atoms with Crippen LogP contribution in [0, 0.1) is 27.7 Å². The largest absolute Gasteiger partial charge is 0.394 e. The van der Waals surface area contributed by atoms with Crippen molar-refractivity contribution in [1.82, 2.24) is 0 Å². The van der Waals surface area contributed by atoms with Gasteiger partial charge in [0.1, 0.15) is 0 Å². The molecule has 1 unspecified atom stereocenters. The summed E-state index contributed by atoms with van der Waals surface area (Å²) in [6, 6.07) is 2.18. The van der Waals surface area contributed by atoms with E-state index < -0.39 is 6.10 Å². The molecule has 0 bridgehead atoms. The molecule has 0 aliphatic rings. The van der Waals surface area contributed by atoms with Crippen LogP contribution in [0.25, 0.3) is 0 Å². The summed E-state index contributed by atoms with van der Waals surface area (Å²) >= 11 is 0. The summed E-state index contributed by atoms with van der Waals surface area (Å²) in [5.41, 5.74) is 6.15. The van der Waals surface area contributed by atoms with E-state index in [9.17, 15) is 5.11 Å². The lowest BCUT2D eigenvalue weighted by Crippen LogP contribution is -2.32. The Labute approximate surface area is 104 Å². The fourth-order valence-electron chi connectivity index (χ4n) is 2.23. The summed E-state index contributed by atoms with van der Waals surface area (Å²) in [6.07, 6.45) is -0.695. The molecular formula is C14H23NO2. The van der Waals surface area contributed by atoms with E-state index in [1.54, 1.807) is 0 Å². The van der Waals surface area contributed by atoms with Gasteiger partial charge in [0.05, 0.1) is 12.7 Å². The Morgan fingerprint density at radius 3 is 2.00 bits per heavy atom. The van der Waals surface area contributed by atoms with Gasteiger partial charge in [-0.05, 0) is 49.9 Å². The number of hydrogen-bond donors (Lipinski definition) is 2. The van der Waals surface area contributed by atoms with E-state index >= 15 is 0 Å². The Morgan fingerprint density at radius 1 is 1.12 bits per heavy atom. The molecule has 0 aliphatic heterocycles. The third-order valence-corrected chi connectivity index (χ3v) is 3.40. The zero-order chi connectivity index (χ0) is 13.2. The lowest BCUT2D eigenvalue weighted by molar-refractivity contribution is 0.101. The van der Waals surface area contributed by atoms with Crippen LogP contribution >= 0.6 is 0 Å². The number of benzene rings is 1. The molecule has 1 aromatic carbocycles. The number of aryl methyl sites for hydroxylation is 2. The van der Waals surface area contributed by atoms with Crippen LogP contribution in [0.4, 0.5) is 5.69 Å². The second-order valence-electron chi connectivity index (χ2n) is 4.83. The van der Waals surface area contributed by atoms with Crippen LogP contribution in [0.2, 0.25) is 0 Å². The second-order valence-corrected chi connectivity index (χ2v) is 4.83. The molecule has 3 heteroatoms. The standard InChI is InChI=1S/C14H23NO2/c1-9-6-10(2)12(4)14(11(9)3)15(5)7-13(17)8-16/h6,13,16-17H,7-8H2,1-5H3. The molecule has 0 aliphatic carbocycles. The van der Waals surface area contributed by atoms with Crippen LogP contribution in [0.15, 0.2) is 6.07 Å². The molecule has 0 saturated carbocycles. The maximum atomic E-state index is 9.52. The third kappa shape index (κ3) is 2.99. The lowest BCUT2D eigenvalue weighted by atomic mass is 9.98. The minimum Gasteiger partial charge on any atom is -0.394 e. The van der Waals surface area contributed by atoms with Crippen molar-refractivity contribution in [3.63, 3.8) is 0 Å². The Morgan fingerprint density at radius 2 is 1.59 bits per heavy atom. The van der Waals surface area contributed by atoms with Crippen molar-refractivity contribution in [1.29, 1.82) is 0 Å². The highest BCUT2D eigenvalue weighted by atomic mass is 16.3. The van der Waals surface area contributed by atoms with Gasteiger partial charge in [0.2, 0.25) is 0 Å². The smallest absolute Gasteiger partial charge is 0.0945 e. The van der Waals surface area contributed by atoms with E-state index in [2.05, 4.69) is 33.8 Å². The fraction of sp³-hybridized carbons (Fsp3) is 0.571. The van der Waals surface area contributed by atoms with Gasteiger partial charge in [-0.1, -0.05) is 6.07 Å². The first kappa shape index (κ1) is 14.0. The van der Waals surface area contributed by atoms with Gasteiger partial charge in [-0.2, -0.15) is 0 Å². The molecule has 0 aromatic heterocycles. The summed E-state index contributed by atoms with van der Waals surface area (Å²) in [5, 5.41) is 18.4. The van der Waals surface area contributed by atoms with Crippen LogP contribution in [-0.2, 0) is 0 Å². The maximum absolute atomic E-state index is 9.52. The Hall–Kier alpha value is -1.06. The number of rotatable bonds is 4. The minimum absolute atomic E-state index is 0.201.